The van der Waals surface area contributed by atoms with Crippen LogP contribution in [0.2, 0.25) is 0 Å². The van der Waals surface area contributed by atoms with Crippen LogP contribution in [-0.4, -0.2) is 107 Å². The summed E-state index contributed by atoms with van der Waals surface area (Å²) in [6.07, 6.45) is -0.937. The lowest BCUT2D eigenvalue weighted by atomic mass is 9.91. The fourth-order valence-electron chi connectivity index (χ4n) is 5.40. The van der Waals surface area contributed by atoms with Gasteiger partial charge in [0.25, 0.3) is 0 Å². The summed E-state index contributed by atoms with van der Waals surface area (Å²) in [6, 6.07) is -1.80. The van der Waals surface area contributed by atoms with Crippen LogP contribution in [0.1, 0.15) is 77.0 Å². The number of ketones is 3. The van der Waals surface area contributed by atoms with Crippen LogP contribution in [0.15, 0.2) is 0 Å². The second-order valence-electron chi connectivity index (χ2n) is 12.0. The number of nitrogens with one attached hydrogen (secondary N) is 5. The molecule has 5 amide bonds. The Hall–Kier alpha value is -4.25. The van der Waals surface area contributed by atoms with Gasteiger partial charge in [0, 0.05) is 63.5 Å². The number of primary amides is 1. The number of hydrogen-bond acceptors (Lipinski definition) is 11. The van der Waals surface area contributed by atoms with Gasteiger partial charge in [-0.1, -0.05) is 6.42 Å². The Morgan fingerprint density at radius 1 is 0.979 bits per heavy atom. The third-order valence-corrected chi connectivity index (χ3v) is 8.06. The van der Waals surface area contributed by atoms with Crippen molar-refractivity contribution in [3.63, 3.8) is 0 Å². The minimum Gasteiger partial charge on any atom is -0.480 e. The molecule has 0 spiro atoms. The van der Waals surface area contributed by atoms with Gasteiger partial charge in [-0.15, -0.1) is 0 Å². The molecule has 0 radical (unpaired) electrons. The first-order valence-corrected chi connectivity index (χ1v) is 15.8. The third-order valence-electron chi connectivity index (χ3n) is 8.06. The summed E-state index contributed by atoms with van der Waals surface area (Å²) >= 11 is 0. The number of carbonyl (C=O) groups is 9. The maximum absolute atomic E-state index is 13.4. The molecule has 5 atom stereocenters. The molecular formula is C30H46N6O11. The molecule has 0 aliphatic carbocycles. The molecule has 0 aromatic rings. The largest absolute Gasteiger partial charge is 0.480 e. The fraction of sp³-hybridized carbons (Fsp3) is 0.700. The van der Waals surface area contributed by atoms with E-state index in [1.807, 2.05) is 0 Å². The lowest BCUT2D eigenvalue weighted by molar-refractivity contribution is -0.139. The average Bonchev–Trinajstić information content (AvgIpc) is 3.46. The highest BCUT2D eigenvalue weighted by Gasteiger charge is 2.31. The molecule has 0 bridgehead atoms. The number of aliphatic carboxylic acids is 1. The third kappa shape index (κ3) is 15.3. The van der Waals surface area contributed by atoms with Crippen LogP contribution in [0.3, 0.4) is 0 Å². The monoisotopic (exact) mass is 666 g/mol. The summed E-state index contributed by atoms with van der Waals surface area (Å²) in [5.41, 5.74) is 5.25. The van der Waals surface area contributed by atoms with Gasteiger partial charge in [0.15, 0.2) is 11.6 Å². The van der Waals surface area contributed by atoms with E-state index in [0.29, 0.717) is 12.8 Å². The van der Waals surface area contributed by atoms with Crippen LogP contribution in [0.25, 0.3) is 0 Å². The van der Waals surface area contributed by atoms with Crippen molar-refractivity contribution in [2.75, 3.05) is 26.2 Å². The van der Waals surface area contributed by atoms with Gasteiger partial charge in [-0.2, -0.15) is 0 Å². The quantitative estimate of drug-likeness (QED) is 0.0944. The average molecular weight is 667 g/mol. The van der Waals surface area contributed by atoms with Crippen molar-refractivity contribution in [1.82, 2.24) is 26.6 Å². The maximum Gasteiger partial charge on any atom is 0.322 e. The highest BCUT2D eigenvalue weighted by Crippen LogP contribution is 2.18. The number of nitrogens with two attached hydrogens (primary N) is 1. The first-order valence-electron chi connectivity index (χ1n) is 15.8. The highest BCUT2D eigenvalue weighted by molar-refractivity contribution is 5.95. The van der Waals surface area contributed by atoms with Crippen LogP contribution in [-0.2, 0) is 43.2 Å². The van der Waals surface area contributed by atoms with E-state index in [1.165, 1.54) is 0 Å². The zero-order chi connectivity index (χ0) is 34.9. The molecule has 2 rings (SSSR count). The molecule has 2 fully saturated rings. The molecule has 2 saturated heterocycles. The summed E-state index contributed by atoms with van der Waals surface area (Å²) in [5.74, 6) is -7.65. The summed E-state index contributed by atoms with van der Waals surface area (Å²) in [7, 11) is 0. The van der Waals surface area contributed by atoms with Crippen molar-refractivity contribution >= 4 is 52.9 Å². The van der Waals surface area contributed by atoms with E-state index in [0.717, 1.165) is 0 Å². The number of hydrogen-bond donors (Lipinski definition) is 8. The van der Waals surface area contributed by atoms with Crippen molar-refractivity contribution in [2.24, 2.45) is 17.6 Å². The number of aliphatic hydroxyl groups excluding tert-OH is 1. The second-order valence-corrected chi connectivity index (χ2v) is 12.0. The lowest BCUT2D eigenvalue weighted by Gasteiger charge is -2.21. The number of rotatable bonds is 14. The Bertz CT molecular complexity index is 1190. The SMILES string of the molecule is NC(=O)CC[C@H](NC(=O)CCC(=O)[C@@H]1C[C@@H](O)CN1)C(=O)C[C@H]1CCC(=O)NCCCC[C@@H](C(=O)NCC(=O)O)CC(=O)CNC1=O. The molecule has 47 heavy (non-hydrogen) atoms. The summed E-state index contributed by atoms with van der Waals surface area (Å²) in [6.45, 7) is -0.564. The van der Waals surface area contributed by atoms with Crippen molar-refractivity contribution in [2.45, 2.75) is 95.2 Å². The first kappa shape index (κ1) is 38.9. The van der Waals surface area contributed by atoms with Crippen molar-refractivity contribution in [1.29, 1.82) is 0 Å². The molecule has 17 heteroatoms. The van der Waals surface area contributed by atoms with Gasteiger partial charge in [0.05, 0.1) is 24.7 Å². The summed E-state index contributed by atoms with van der Waals surface area (Å²) in [5, 5.41) is 31.3. The normalized spacial score (nSPS) is 23.6. The van der Waals surface area contributed by atoms with E-state index in [9.17, 15) is 48.3 Å². The van der Waals surface area contributed by atoms with Crippen molar-refractivity contribution < 1.29 is 53.4 Å². The summed E-state index contributed by atoms with van der Waals surface area (Å²) < 4.78 is 0. The number of carboxylic acids is 1. The molecule has 2 aliphatic heterocycles. The predicted molar refractivity (Wildman–Crippen MR) is 163 cm³/mol. The molecule has 0 saturated carbocycles. The zero-order valence-corrected chi connectivity index (χ0v) is 26.3. The lowest BCUT2D eigenvalue weighted by Crippen LogP contribution is -2.44. The predicted octanol–water partition coefficient (Wildman–Crippen LogP) is -2.64. The molecule has 2 heterocycles. The number of aliphatic hydroxyl groups is 1. The van der Waals surface area contributed by atoms with Crippen LogP contribution in [0.5, 0.6) is 0 Å². The molecule has 17 nitrogen and oxygen atoms in total. The van der Waals surface area contributed by atoms with E-state index >= 15 is 0 Å². The van der Waals surface area contributed by atoms with E-state index in [4.69, 9.17) is 10.8 Å². The number of carbonyl (C=O) groups excluding carboxylic acids is 8. The Kier molecular flexibility index (Phi) is 16.6. The first-order chi connectivity index (χ1) is 22.2. The smallest absolute Gasteiger partial charge is 0.322 e. The number of amides is 5. The Morgan fingerprint density at radius 2 is 1.72 bits per heavy atom. The zero-order valence-electron chi connectivity index (χ0n) is 26.3. The van der Waals surface area contributed by atoms with Crippen molar-refractivity contribution in [3.05, 3.63) is 0 Å². The molecule has 0 aromatic carbocycles. The molecule has 0 aromatic heterocycles. The van der Waals surface area contributed by atoms with E-state index in [-0.39, 0.29) is 82.6 Å². The highest BCUT2D eigenvalue weighted by atomic mass is 16.4. The number of Topliss-reactive ketones (excluding diaryl/α,β-unsaturated/α-hetero) is 3. The topological polar surface area (TPSA) is 280 Å². The minimum absolute atomic E-state index is 0.0664. The van der Waals surface area contributed by atoms with Gasteiger partial charge >= 0.3 is 5.97 Å². The van der Waals surface area contributed by atoms with Gasteiger partial charge in [-0.3, -0.25) is 43.2 Å². The maximum atomic E-state index is 13.4. The van der Waals surface area contributed by atoms with E-state index in [2.05, 4.69) is 26.6 Å². The minimum atomic E-state index is -1.25. The molecular weight excluding hydrogens is 620 g/mol. The van der Waals surface area contributed by atoms with Crippen LogP contribution in [0.4, 0.5) is 0 Å². The van der Waals surface area contributed by atoms with Gasteiger partial charge in [-0.05, 0) is 32.1 Å². The van der Waals surface area contributed by atoms with Gasteiger partial charge in [0.1, 0.15) is 12.3 Å². The van der Waals surface area contributed by atoms with Crippen LogP contribution >= 0.6 is 0 Å². The molecule has 9 N–H and O–H groups in total. The molecule has 262 valence electrons. The van der Waals surface area contributed by atoms with Gasteiger partial charge in [-0.25, -0.2) is 0 Å². The Balaban J connectivity index is 2.08. The number of β-amino-alcohol motifs (C(OH)–C–C–N with tert-alkyl or cyclic N) is 1. The molecule has 0 unspecified atom stereocenters. The van der Waals surface area contributed by atoms with Crippen LogP contribution in [0, 0.1) is 11.8 Å². The Morgan fingerprint density at radius 3 is 2.38 bits per heavy atom. The number of carboxylic acid groups (broad SMARTS) is 1. The Labute approximate surface area is 271 Å². The van der Waals surface area contributed by atoms with E-state index < -0.39 is 90.7 Å². The van der Waals surface area contributed by atoms with Gasteiger partial charge in [0.2, 0.25) is 29.5 Å². The second kappa shape index (κ2) is 20.1. The fourth-order valence-corrected chi connectivity index (χ4v) is 5.40. The van der Waals surface area contributed by atoms with Crippen molar-refractivity contribution in [3.8, 4) is 0 Å². The van der Waals surface area contributed by atoms with Crippen LogP contribution < -0.4 is 32.3 Å². The van der Waals surface area contributed by atoms with E-state index in [1.54, 1.807) is 0 Å². The standard InChI is InChI=1S/C30H46N6O11/c31-25(41)7-5-21(36-27(43)9-6-23(39)22-13-20(38)14-33-22)24(40)12-18-4-8-26(42)32-10-2-1-3-17(29(46)35-16-28(44)45)11-19(37)15-34-30(18)47/h17-18,20-22,33,38H,1-16H2,(H2,31,41)(H,32,42)(H,34,47)(H,35,46)(H,36,43)(H,44,45)/t17-,18-,20-,21+,22+/m1/s1. The molecule has 2 aliphatic rings. The van der Waals surface area contributed by atoms with Gasteiger partial charge < -0.3 is 42.5 Å². The summed E-state index contributed by atoms with van der Waals surface area (Å²) in [4.78, 5) is 112.